The van der Waals surface area contributed by atoms with Gasteiger partial charge in [0.2, 0.25) is 5.36 Å². The van der Waals surface area contributed by atoms with Gasteiger partial charge in [-0.3, -0.25) is 4.98 Å². The van der Waals surface area contributed by atoms with E-state index in [-0.39, 0.29) is 0 Å². The number of hydrogen-bond donors (Lipinski definition) is 1. The predicted molar refractivity (Wildman–Crippen MR) is 121 cm³/mol. The zero-order valence-electron chi connectivity index (χ0n) is 17.0. The van der Waals surface area contributed by atoms with Gasteiger partial charge >= 0.3 is 0 Å². The van der Waals surface area contributed by atoms with Crippen molar-refractivity contribution in [3.63, 3.8) is 0 Å². The van der Waals surface area contributed by atoms with Crippen LogP contribution >= 0.6 is 11.3 Å². The lowest BCUT2D eigenvalue weighted by molar-refractivity contribution is 0.626. The first-order valence-corrected chi connectivity index (χ1v) is 10.9. The highest BCUT2D eigenvalue weighted by Crippen LogP contribution is 2.36. The Kier molecular flexibility index (Phi) is 5.27. The Hall–Kier alpha value is -2.53. The van der Waals surface area contributed by atoms with Crippen LogP contribution in [-0.2, 0) is 0 Å². The molecule has 0 amide bonds. The van der Waals surface area contributed by atoms with Gasteiger partial charge in [-0.05, 0) is 51.5 Å². The third-order valence-corrected chi connectivity index (χ3v) is 6.22. The van der Waals surface area contributed by atoms with E-state index in [1.165, 1.54) is 14.9 Å². The number of anilines is 1. The first-order chi connectivity index (χ1) is 13.6. The largest absolute Gasteiger partial charge is 0.383 e. The lowest BCUT2D eigenvalue weighted by Gasteiger charge is -2.13. The van der Waals surface area contributed by atoms with Crippen molar-refractivity contribution in [1.29, 1.82) is 0 Å². The molecular weight excluding hydrogens is 364 g/mol. The van der Waals surface area contributed by atoms with Crippen LogP contribution in [-0.4, -0.2) is 29.6 Å². The Morgan fingerprint density at radius 1 is 0.964 bits per heavy atom. The molecule has 0 saturated carbocycles. The van der Waals surface area contributed by atoms with Crippen LogP contribution in [0.2, 0.25) is 0 Å². The molecule has 0 fully saturated rings. The quantitative estimate of drug-likeness (QED) is 0.299. The van der Waals surface area contributed by atoms with E-state index < -0.39 is 0 Å². The van der Waals surface area contributed by atoms with Crippen LogP contribution in [0.4, 0.5) is 5.69 Å². The number of nitrogens with one attached hydrogen (secondary N) is 1. The van der Waals surface area contributed by atoms with E-state index in [4.69, 9.17) is 9.97 Å². The maximum absolute atomic E-state index is 5.03. The Labute approximate surface area is 169 Å². The van der Waals surface area contributed by atoms with Gasteiger partial charge in [-0.25, -0.2) is 9.56 Å². The third kappa shape index (κ3) is 3.35. The van der Waals surface area contributed by atoms with Gasteiger partial charge in [-0.2, -0.15) is 0 Å². The van der Waals surface area contributed by atoms with Crippen LogP contribution in [0.5, 0.6) is 0 Å². The van der Waals surface area contributed by atoms with E-state index in [1.807, 2.05) is 18.3 Å². The van der Waals surface area contributed by atoms with Gasteiger partial charge in [0, 0.05) is 29.8 Å². The standard InChI is InChI=1S/C23H26N4S/c1-5-12-24-19-14-21-23(17-10-8-15(4)25-22(17)19)26-18-11-9-16(13-20(18)28-21)27(6-2)7-3/h8-11,13-14H,5-7,12H2,1-4H3/p+1. The molecule has 1 aliphatic heterocycles. The number of rotatable bonds is 5. The minimum Gasteiger partial charge on any atom is -0.383 e. The first-order valence-electron chi connectivity index (χ1n) is 10.1. The molecule has 0 unspecified atom stereocenters. The van der Waals surface area contributed by atoms with Crippen molar-refractivity contribution >= 4 is 38.1 Å². The summed E-state index contributed by atoms with van der Waals surface area (Å²) in [5.41, 5.74) is 5.23. The molecule has 1 aromatic carbocycles. The molecule has 4 nitrogen and oxygen atoms in total. The molecular formula is C23H27N4S+. The molecule has 2 heterocycles. The van der Waals surface area contributed by atoms with Crippen molar-refractivity contribution < 1.29 is 0 Å². The van der Waals surface area contributed by atoms with Crippen molar-refractivity contribution in [3.05, 3.63) is 47.4 Å². The lowest BCUT2D eigenvalue weighted by Crippen LogP contribution is -2.29. The number of pyridine rings is 1. The molecule has 0 atom stereocenters. The van der Waals surface area contributed by atoms with E-state index in [9.17, 15) is 0 Å². The lowest BCUT2D eigenvalue weighted by atomic mass is 10.1. The van der Waals surface area contributed by atoms with Crippen molar-refractivity contribution in [2.75, 3.05) is 25.0 Å². The van der Waals surface area contributed by atoms with Gasteiger partial charge in [0.25, 0.3) is 0 Å². The van der Waals surface area contributed by atoms with E-state index in [0.717, 1.165) is 59.5 Å². The predicted octanol–water partition coefficient (Wildman–Crippen LogP) is 4.89. The fraction of sp³-hybridized carbons (Fsp3) is 0.348. The Morgan fingerprint density at radius 2 is 1.79 bits per heavy atom. The number of benzene rings is 2. The molecule has 5 heteroatoms. The second kappa shape index (κ2) is 7.84. The Balaban J connectivity index is 2.03. The van der Waals surface area contributed by atoms with Crippen LogP contribution in [0, 0.1) is 6.92 Å². The van der Waals surface area contributed by atoms with Crippen LogP contribution in [0.3, 0.4) is 0 Å². The molecule has 4 rings (SSSR count). The van der Waals surface area contributed by atoms with E-state index in [1.54, 1.807) is 0 Å². The molecule has 2 aliphatic rings. The maximum Gasteiger partial charge on any atom is 0.201 e. The average Bonchev–Trinajstić information content (AvgIpc) is 2.71. The fourth-order valence-corrected chi connectivity index (χ4v) is 4.71. The van der Waals surface area contributed by atoms with Crippen molar-refractivity contribution in [2.45, 2.75) is 34.1 Å². The highest BCUT2D eigenvalue weighted by atomic mass is 32.1. The molecule has 0 bridgehead atoms. The van der Waals surface area contributed by atoms with Crippen LogP contribution < -0.4 is 15.2 Å². The van der Waals surface area contributed by atoms with Gasteiger partial charge < -0.3 is 5.32 Å². The van der Waals surface area contributed by atoms with Gasteiger partial charge in [0.1, 0.15) is 13.1 Å². The summed E-state index contributed by atoms with van der Waals surface area (Å²) in [7, 11) is 0. The van der Waals surface area contributed by atoms with Crippen LogP contribution in [0.25, 0.3) is 31.7 Å². The summed E-state index contributed by atoms with van der Waals surface area (Å²) in [6.45, 7) is 11.6. The summed E-state index contributed by atoms with van der Waals surface area (Å²) in [5, 5.41) is 5.94. The Morgan fingerprint density at radius 3 is 2.54 bits per heavy atom. The fourth-order valence-electron chi connectivity index (χ4n) is 3.64. The monoisotopic (exact) mass is 391 g/mol. The second-order valence-electron chi connectivity index (χ2n) is 7.08. The van der Waals surface area contributed by atoms with Gasteiger partial charge in [0.05, 0.1) is 32.0 Å². The molecule has 0 saturated heterocycles. The van der Waals surface area contributed by atoms with Crippen molar-refractivity contribution in [3.8, 4) is 10.6 Å². The van der Waals surface area contributed by atoms with E-state index in [2.05, 4.69) is 67.1 Å². The summed E-state index contributed by atoms with van der Waals surface area (Å²) in [4.78, 5) is 11.1. The zero-order valence-corrected chi connectivity index (χ0v) is 17.9. The van der Waals surface area contributed by atoms with Crippen molar-refractivity contribution in [1.82, 2.24) is 14.5 Å². The summed E-state index contributed by atoms with van der Waals surface area (Å²) in [5.74, 6) is 0. The summed E-state index contributed by atoms with van der Waals surface area (Å²) in [6, 6.07) is 13.1. The van der Waals surface area contributed by atoms with Crippen LogP contribution in [0.15, 0.2) is 36.4 Å². The summed E-state index contributed by atoms with van der Waals surface area (Å²) in [6.07, 6.45) is 1.08. The van der Waals surface area contributed by atoms with Gasteiger partial charge in [-0.1, -0.05) is 6.92 Å². The SMILES string of the molecule is CCCNc1cc2sc3cc(=[N+](CC)CC)ccc-3nc2c2ccc(C)nc12. The average molecular weight is 392 g/mol. The zero-order chi connectivity index (χ0) is 19.7. The molecule has 144 valence electrons. The van der Waals surface area contributed by atoms with Crippen LogP contribution in [0.1, 0.15) is 32.9 Å². The molecule has 1 aliphatic carbocycles. The second-order valence-corrected chi connectivity index (χ2v) is 8.17. The summed E-state index contributed by atoms with van der Waals surface area (Å²) >= 11 is 1.81. The van der Waals surface area contributed by atoms with E-state index in [0.29, 0.717) is 0 Å². The highest BCUT2D eigenvalue weighted by Gasteiger charge is 2.15. The molecule has 0 spiro atoms. The minimum absolute atomic E-state index is 0.939. The number of hydrogen-bond acceptors (Lipinski definition) is 4. The molecule has 1 aromatic heterocycles. The van der Waals surface area contributed by atoms with Gasteiger partial charge in [-0.15, -0.1) is 11.3 Å². The number of aromatic nitrogens is 2. The molecule has 2 aromatic rings. The Bertz CT molecular complexity index is 1190. The molecule has 1 N–H and O–H groups in total. The number of aryl methyl sites for hydroxylation is 1. The minimum atomic E-state index is 0.939. The normalized spacial score (nSPS) is 11.4. The topological polar surface area (TPSA) is 40.8 Å². The van der Waals surface area contributed by atoms with Gasteiger partial charge in [0.15, 0.2) is 0 Å². The molecule has 28 heavy (non-hydrogen) atoms. The van der Waals surface area contributed by atoms with E-state index >= 15 is 0 Å². The highest BCUT2D eigenvalue weighted by molar-refractivity contribution is 7.21. The van der Waals surface area contributed by atoms with Crippen molar-refractivity contribution in [2.24, 2.45) is 0 Å². The number of nitrogens with zero attached hydrogens (tertiary/aromatic N) is 3. The summed E-state index contributed by atoms with van der Waals surface area (Å²) < 4.78 is 3.57. The molecule has 0 radical (unpaired) electrons. The third-order valence-electron chi connectivity index (χ3n) is 5.14. The smallest absolute Gasteiger partial charge is 0.201 e. The first kappa shape index (κ1) is 18.8. The maximum atomic E-state index is 5.03. The number of fused-ring (bicyclic) bond motifs is 4.